The Hall–Kier alpha value is -3.40. The molecule has 30 heavy (non-hydrogen) atoms. The summed E-state index contributed by atoms with van der Waals surface area (Å²) in [6, 6.07) is 6.82. The van der Waals surface area contributed by atoms with Gasteiger partial charge in [0.1, 0.15) is 24.6 Å². The molecule has 9 nitrogen and oxygen atoms in total. The molecule has 0 aliphatic carbocycles. The lowest BCUT2D eigenvalue weighted by molar-refractivity contribution is -0.135. The van der Waals surface area contributed by atoms with Gasteiger partial charge in [-0.05, 0) is 30.5 Å². The third kappa shape index (κ3) is 4.13. The van der Waals surface area contributed by atoms with Crippen molar-refractivity contribution in [2.24, 2.45) is 0 Å². The number of ether oxygens (including phenoxy) is 2. The largest absolute Gasteiger partial charge is 0.486 e. The Morgan fingerprint density at radius 2 is 2.03 bits per heavy atom. The Labute approximate surface area is 175 Å². The van der Waals surface area contributed by atoms with Crippen LogP contribution in [-0.2, 0) is 16.1 Å². The molecule has 0 saturated heterocycles. The van der Waals surface area contributed by atoms with E-state index < -0.39 is 0 Å². The molecule has 3 heterocycles. The fourth-order valence-electron chi connectivity index (χ4n) is 3.12. The van der Waals surface area contributed by atoms with E-state index >= 15 is 0 Å². The highest BCUT2D eigenvalue weighted by Crippen LogP contribution is 2.32. The first kappa shape index (κ1) is 19.9. The minimum Gasteiger partial charge on any atom is -0.486 e. The molecule has 3 aromatic rings. The second-order valence-electron chi connectivity index (χ2n) is 6.63. The van der Waals surface area contributed by atoms with E-state index in [2.05, 4.69) is 10.3 Å². The highest BCUT2D eigenvalue weighted by molar-refractivity contribution is 7.16. The summed E-state index contributed by atoms with van der Waals surface area (Å²) in [5, 5.41) is 5.02. The maximum absolute atomic E-state index is 12.7. The molecule has 2 amide bonds. The predicted molar refractivity (Wildman–Crippen MR) is 112 cm³/mol. The fourth-order valence-corrected chi connectivity index (χ4v) is 3.85. The van der Waals surface area contributed by atoms with E-state index in [1.165, 1.54) is 27.1 Å². The molecule has 1 aromatic carbocycles. The van der Waals surface area contributed by atoms with Gasteiger partial charge in [0.25, 0.3) is 5.56 Å². The lowest BCUT2D eigenvalue weighted by Gasteiger charge is -2.21. The van der Waals surface area contributed by atoms with Crippen LogP contribution >= 0.6 is 11.3 Å². The summed E-state index contributed by atoms with van der Waals surface area (Å²) in [7, 11) is 0. The number of hydrogen-bond acceptors (Lipinski definition) is 7. The minimum absolute atomic E-state index is 0.132. The van der Waals surface area contributed by atoms with E-state index in [0.29, 0.717) is 47.2 Å². The highest BCUT2D eigenvalue weighted by Gasteiger charge is 2.18. The number of nitrogens with one attached hydrogen (secondary N) is 1. The lowest BCUT2D eigenvalue weighted by atomic mass is 10.2. The van der Waals surface area contributed by atoms with Gasteiger partial charge < -0.3 is 19.7 Å². The van der Waals surface area contributed by atoms with Gasteiger partial charge in [-0.25, -0.2) is 4.98 Å². The van der Waals surface area contributed by atoms with Crippen LogP contribution in [0.5, 0.6) is 11.5 Å². The summed E-state index contributed by atoms with van der Waals surface area (Å²) < 4.78 is 12.2. The summed E-state index contributed by atoms with van der Waals surface area (Å²) >= 11 is 1.37. The Balaban J connectivity index is 1.40. The molecule has 0 bridgehead atoms. The van der Waals surface area contributed by atoms with Crippen molar-refractivity contribution in [2.45, 2.75) is 13.5 Å². The van der Waals surface area contributed by atoms with Crippen molar-refractivity contribution in [3.05, 3.63) is 46.3 Å². The van der Waals surface area contributed by atoms with E-state index in [9.17, 15) is 14.4 Å². The number of thiophene rings is 1. The molecular weight excluding hydrogens is 408 g/mol. The van der Waals surface area contributed by atoms with Crippen LogP contribution in [0.1, 0.15) is 6.92 Å². The molecule has 1 aliphatic heterocycles. The smallest absolute Gasteiger partial charge is 0.262 e. The Kier molecular flexibility index (Phi) is 5.66. The van der Waals surface area contributed by atoms with Crippen molar-refractivity contribution in [1.82, 2.24) is 14.5 Å². The van der Waals surface area contributed by atoms with Crippen LogP contribution in [0.15, 0.2) is 40.8 Å². The zero-order valence-electron chi connectivity index (χ0n) is 16.3. The number of aromatic nitrogens is 2. The van der Waals surface area contributed by atoms with E-state index in [0.717, 1.165) is 0 Å². The molecule has 2 aromatic heterocycles. The zero-order chi connectivity index (χ0) is 21.1. The summed E-state index contributed by atoms with van der Waals surface area (Å²) in [5.41, 5.74) is 0.280. The average Bonchev–Trinajstić information content (AvgIpc) is 3.23. The first-order valence-electron chi connectivity index (χ1n) is 9.45. The second-order valence-corrected chi connectivity index (χ2v) is 7.53. The predicted octanol–water partition coefficient (Wildman–Crippen LogP) is 1.72. The maximum Gasteiger partial charge on any atom is 0.262 e. The van der Waals surface area contributed by atoms with Crippen LogP contribution in [0, 0.1) is 0 Å². The quantitative estimate of drug-likeness (QED) is 0.641. The number of benzene rings is 1. The van der Waals surface area contributed by atoms with Gasteiger partial charge in [-0.15, -0.1) is 11.3 Å². The minimum atomic E-state index is -0.347. The molecule has 156 valence electrons. The van der Waals surface area contributed by atoms with E-state index in [-0.39, 0.29) is 30.5 Å². The number of carbonyl (C=O) groups is 2. The van der Waals surface area contributed by atoms with Crippen LogP contribution < -0.4 is 20.3 Å². The molecule has 0 atom stereocenters. The topological polar surface area (TPSA) is 103 Å². The van der Waals surface area contributed by atoms with Crippen LogP contribution in [0.25, 0.3) is 10.2 Å². The molecule has 0 fully saturated rings. The number of anilines is 1. The van der Waals surface area contributed by atoms with Crippen molar-refractivity contribution in [1.29, 1.82) is 0 Å². The average molecular weight is 428 g/mol. The molecule has 4 rings (SSSR count). The van der Waals surface area contributed by atoms with Crippen molar-refractivity contribution >= 4 is 39.1 Å². The third-order valence-corrected chi connectivity index (χ3v) is 5.47. The van der Waals surface area contributed by atoms with Crippen LogP contribution in [-0.4, -0.2) is 52.6 Å². The summed E-state index contributed by atoms with van der Waals surface area (Å²) in [6.07, 6.45) is 1.36. The van der Waals surface area contributed by atoms with Crippen LogP contribution in [0.2, 0.25) is 0 Å². The number of hydrogen-bond donors (Lipinski definition) is 1. The summed E-state index contributed by atoms with van der Waals surface area (Å²) in [4.78, 5) is 43.8. The zero-order valence-corrected chi connectivity index (χ0v) is 17.1. The highest BCUT2D eigenvalue weighted by atomic mass is 32.1. The normalized spacial score (nSPS) is 12.6. The van der Waals surface area contributed by atoms with Gasteiger partial charge in [0.15, 0.2) is 11.5 Å². The molecule has 1 N–H and O–H groups in total. The van der Waals surface area contributed by atoms with Gasteiger partial charge in [0.05, 0.1) is 18.3 Å². The maximum atomic E-state index is 12.7. The number of fused-ring (bicyclic) bond motifs is 2. The number of likely N-dealkylation sites (N-methyl/N-ethyl adjacent to an activating group) is 1. The third-order valence-electron chi connectivity index (χ3n) is 4.65. The Morgan fingerprint density at radius 1 is 1.23 bits per heavy atom. The van der Waals surface area contributed by atoms with Gasteiger partial charge in [0.2, 0.25) is 11.8 Å². The molecule has 0 unspecified atom stereocenters. The molecule has 10 heteroatoms. The van der Waals surface area contributed by atoms with Crippen molar-refractivity contribution < 1.29 is 19.1 Å². The van der Waals surface area contributed by atoms with Gasteiger partial charge in [-0.1, -0.05) is 0 Å². The fraction of sp³-hybridized carbons (Fsp3) is 0.300. The lowest BCUT2D eigenvalue weighted by Crippen LogP contribution is -2.41. The first-order chi connectivity index (χ1) is 14.5. The second kappa shape index (κ2) is 8.54. The summed E-state index contributed by atoms with van der Waals surface area (Å²) in [6.45, 7) is 2.74. The number of carbonyl (C=O) groups excluding carboxylic acids is 2. The van der Waals surface area contributed by atoms with Crippen LogP contribution in [0.4, 0.5) is 5.69 Å². The molecule has 0 radical (unpaired) electrons. The summed E-state index contributed by atoms with van der Waals surface area (Å²) in [5.74, 6) is 0.512. The molecule has 1 aliphatic rings. The number of nitrogens with zero attached hydrogens (tertiary/aromatic N) is 3. The monoisotopic (exact) mass is 428 g/mol. The number of rotatable bonds is 6. The van der Waals surface area contributed by atoms with Crippen molar-refractivity contribution in [3.8, 4) is 11.5 Å². The van der Waals surface area contributed by atoms with Gasteiger partial charge >= 0.3 is 0 Å². The van der Waals surface area contributed by atoms with Gasteiger partial charge in [-0.2, -0.15) is 0 Å². The molecular formula is C20H20N4O5S. The van der Waals surface area contributed by atoms with Crippen molar-refractivity contribution in [3.63, 3.8) is 0 Å². The first-order valence-corrected chi connectivity index (χ1v) is 10.3. The Bertz CT molecular complexity index is 1160. The molecule has 0 spiro atoms. The van der Waals surface area contributed by atoms with Gasteiger partial charge in [0, 0.05) is 18.3 Å². The van der Waals surface area contributed by atoms with Crippen molar-refractivity contribution in [2.75, 3.05) is 31.6 Å². The number of amides is 2. The van der Waals surface area contributed by atoms with E-state index in [4.69, 9.17) is 9.47 Å². The van der Waals surface area contributed by atoms with E-state index in [1.54, 1.807) is 36.6 Å². The molecule has 0 saturated carbocycles. The standard InChI is InChI=1S/C20H20N4O5S/c1-2-23(18(26)11-24-12-21-19-14(20(24)27)5-8-30-19)10-17(25)22-13-3-4-15-16(9-13)29-7-6-28-15/h3-5,8-9,12H,2,6-7,10-11H2,1H3,(H,22,25). The Morgan fingerprint density at radius 3 is 2.83 bits per heavy atom. The SMILES string of the molecule is CCN(CC(=O)Nc1ccc2c(c1)OCCO2)C(=O)Cn1cnc2sccc2c1=O. The van der Waals surface area contributed by atoms with Gasteiger partial charge in [-0.3, -0.25) is 19.0 Å². The van der Waals surface area contributed by atoms with Crippen LogP contribution in [0.3, 0.4) is 0 Å². The van der Waals surface area contributed by atoms with E-state index in [1.807, 2.05) is 0 Å².